The minimum absolute atomic E-state index is 0.152. The van der Waals surface area contributed by atoms with E-state index in [1.807, 2.05) is 19.1 Å². The molecule has 1 aliphatic heterocycles. The van der Waals surface area contributed by atoms with Gasteiger partial charge in [-0.3, -0.25) is 14.9 Å². The van der Waals surface area contributed by atoms with Crippen LogP contribution >= 0.6 is 0 Å². The fourth-order valence-electron chi connectivity index (χ4n) is 4.85. The molecule has 2 amide bonds. The van der Waals surface area contributed by atoms with Gasteiger partial charge in [0.15, 0.2) is 0 Å². The molecule has 132 valence electrons. The molecular formula is C21H26N2O2. The molecule has 0 spiro atoms. The van der Waals surface area contributed by atoms with Gasteiger partial charge in [-0.15, -0.1) is 0 Å². The van der Waals surface area contributed by atoms with Crippen molar-refractivity contribution in [1.82, 2.24) is 5.32 Å². The maximum absolute atomic E-state index is 12.5. The van der Waals surface area contributed by atoms with E-state index in [1.165, 1.54) is 12.8 Å². The highest BCUT2D eigenvalue weighted by molar-refractivity contribution is 6.03. The van der Waals surface area contributed by atoms with Crippen LogP contribution in [0, 0.1) is 17.8 Å². The first kappa shape index (κ1) is 16.4. The van der Waals surface area contributed by atoms with Gasteiger partial charge in [0, 0.05) is 18.7 Å². The molecule has 1 saturated heterocycles. The number of nitrogens with one attached hydrogen (secondary N) is 2. The molecule has 25 heavy (non-hydrogen) atoms. The van der Waals surface area contributed by atoms with Gasteiger partial charge in [0.2, 0.25) is 11.8 Å². The first-order valence-electron chi connectivity index (χ1n) is 9.48. The summed E-state index contributed by atoms with van der Waals surface area (Å²) in [6, 6.07) is 8.23. The number of carbonyl (C=O) groups excluding carboxylic acids is 2. The van der Waals surface area contributed by atoms with E-state index in [2.05, 4.69) is 34.9 Å². The Morgan fingerprint density at radius 3 is 2.56 bits per heavy atom. The molecule has 2 bridgehead atoms. The van der Waals surface area contributed by atoms with Crippen molar-refractivity contribution in [2.45, 2.75) is 44.4 Å². The zero-order chi connectivity index (χ0) is 17.4. The predicted octanol–water partition coefficient (Wildman–Crippen LogP) is 3.40. The Bertz CT molecular complexity index is 709. The number of benzene rings is 1. The summed E-state index contributed by atoms with van der Waals surface area (Å²) in [7, 11) is 0. The van der Waals surface area contributed by atoms with Crippen LogP contribution in [0.4, 0.5) is 5.69 Å². The summed E-state index contributed by atoms with van der Waals surface area (Å²) in [4.78, 5) is 23.9. The monoisotopic (exact) mass is 338 g/mol. The molecule has 1 saturated carbocycles. The Kier molecular flexibility index (Phi) is 4.14. The highest BCUT2D eigenvalue weighted by Gasteiger charge is 2.42. The topological polar surface area (TPSA) is 58.2 Å². The first-order valence-corrected chi connectivity index (χ1v) is 9.48. The summed E-state index contributed by atoms with van der Waals surface area (Å²) in [5, 5.41) is 6.07. The van der Waals surface area contributed by atoms with E-state index in [9.17, 15) is 9.59 Å². The zero-order valence-corrected chi connectivity index (χ0v) is 14.8. The van der Waals surface area contributed by atoms with Crippen molar-refractivity contribution in [2.24, 2.45) is 17.8 Å². The van der Waals surface area contributed by atoms with Crippen LogP contribution < -0.4 is 10.6 Å². The lowest BCUT2D eigenvalue weighted by Gasteiger charge is -2.35. The molecule has 2 N–H and O–H groups in total. The first-order chi connectivity index (χ1) is 12.1. The fraction of sp³-hybridized carbons (Fsp3) is 0.524. The van der Waals surface area contributed by atoms with Crippen LogP contribution in [0.5, 0.6) is 0 Å². The Morgan fingerprint density at radius 1 is 1.16 bits per heavy atom. The number of imide groups is 1. The van der Waals surface area contributed by atoms with Gasteiger partial charge in [-0.05, 0) is 61.1 Å². The van der Waals surface area contributed by atoms with Crippen LogP contribution in [0.2, 0.25) is 0 Å². The van der Waals surface area contributed by atoms with Gasteiger partial charge in [-0.25, -0.2) is 0 Å². The van der Waals surface area contributed by atoms with E-state index in [1.54, 1.807) is 0 Å². The highest BCUT2D eigenvalue weighted by Crippen LogP contribution is 2.43. The number of piperidine rings is 1. The summed E-state index contributed by atoms with van der Waals surface area (Å²) in [5.74, 6) is 1.99. The van der Waals surface area contributed by atoms with Crippen LogP contribution in [0.1, 0.15) is 44.6 Å². The maximum Gasteiger partial charge on any atom is 0.237 e. The lowest BCUT2D eigenvalue weighted by Crippen LogP contribution is -2.51. The van der Waals surface area contributed by atoms with Gasteiger partial charge in [0.1, 0.15) is 0 Å². The molecular weight excluding hydrogens is 312 g/mol. The SMILES string of the molecule is CC[C@]1(c2ccc(NC[C@@H]3C[C@H]4C=C[C@H]3C4)cc2)CCC(=O)NC1=O. The molecule has 0 aromatic heterocycles. The Hall–Kier alpha value is -2.10. The average Bonchev–Trinajstić information content (AvgIpc) is 3.24. The molecule has 4 heteroatoms. The third-order valence-corrected chi connectivity index (χ3v) is 6.49. The fourth-order valence-corrected chi connectivity index (χ4v) is 4.85. The predicted molar refractivity (Wildman–Crippen MR) is 98.1 cm³/mol. The van der Waals surface area contributed by atoms with Gasteiger partial charge in [0.25, 0.3) is 0 Å². The Labute approximate surface area is 149 Å². The summed E-state index contributed by atoms with van der Waals surface area (Å²) >= 11 is 0. The smallest absolute Gasteiger partial charge is 0.237 e. The van der Waals surface area contributed by atoms with Gasteiger partial charge >= 0.3 is 0 Å². The minimum Gasteiger partial charge on any atom is -0.385 e. The summed E-state index contributed by atoms with van der Waals surface area (Å²) in [5.41, 5.74) is 1.55. The number of amides is 2. The standard InChI is InChI=1S/C21H26N2O2/c1-2-21(10-9-19(24)23-20(21)25)17-5-7-18(8-6-17)22-13-16-12-14-3-4-15(16)11-14/h3-8,14-16,22H,2,9-13H2,1H3,(H,23,24,25)/t14-,15-,16-,21+/m0/s1. The molecule has 4 atom stereocenters. The van der Waals surface area contributed by atoms with E-state index in [0.717, 1.165) is 35.5 Å². The number of anilines is 1. The second-order valence-electron chi connectivity index (χ2n) is 7.81. The Balaban J connectivity index is 1.43. The van der Waals surface area contributed by atoms with E-state index in [-0.39, 0.29) is 11.8 Å². The number of hydrogen-bond donors (Lipinski definition) is 2. The third-order valence-electron chi connectivity index (χ3n) is 6.49. The zero-order valence-electron chi connectivity index (χ0n) is 14.8. The number of rotatable bonds is 5. The van der Waals surface area contributed by atoms with E-state index in [4.69, 9.17) is 0 Å². The summed E-state index contributed by atoms with van der Waals surface area (Å²) < 4.78 is 0. The Morgan fingerprint density at radius 2 is 1.96 bits per heavy atom. The lowest BCUT2D eigenvalue weighted by atomic mass is 9.72. The van der Waals surface area contributed by atoms with Crippen molar-refractivity contribution in [3.8, 4) is 0 Å². The molecule has 1 aromatic carbocycles. The molecule has 2 aliphatic carbocycles. The molecule has 1 heterocycles. The van der Waals surface area contributed by atoms with Gasteiger partial charge in [0.05, 0.1) is 5.41 Å². The van der Waals surface area contributed by atoms with Crippen molar-refractivity contribution < 1.29 is 9.59 Å². The number of fused-ring (bicyclic) bond motifs is 2. The highest BCUT2D eigenvalue weighted by atomic mass is 16.2. The van der Waals surface area contributed by atoms with Crippen molar-refractivity contribution in [3.05, 3.63) is 42.0 Å². The maximum atomic E-state index is 12.5. The van der Waals surface area contributed by atoms with Crippen LogP contribution in [0.3, 0.4) is 0 Å². The second kappa shape index (κ2) is 6.32. The molecule has 0 unspecified atom stereocenters. The van der Waals surface area contributed by atoms with Crippen LogP contribution in [-0.2, 0) is 15.0 Å². The van der Waals surface area contributed by atoms with Crippen molar-refractivity contribution in [2.75, 3.05) is 11.9 Å². The van der Waals surface area contributed by atoms with Gasteiger partial charge < -0.3 is 5.32 Å². The van der Waals surface area contributed by atoms with Crippen molar-refractivity contribution in [3.63, 3.8) is 0 Å². The van der Waals surface area contributed by atoms with E-state index in [0.29, 0.717) is 19.3 Å². The number of hydrogen-bond acceptors (Lipinski definition) is 3. The van der Waals surface area contributed by atoms with Crippen LogP contribution in [0.25, 0.3) is 0 Å². The van der Waals surface area contributed by atoms with Gasteiger partial charge in [-0.1, -0.05) is 31.2 Å². The van der Waals surface area contributed by atoms with Crippen molar-refractivity contribution in [1.29, 1.82) is 0 Å². The molecule has 4 rings (SSSR count). The minimum atomic E-state index is -0.568. The van der Waals surface area contributed by atoms with Crippen LogP contribution in [-0.4, -0.2) is 18.4 Å². The normalized spacial score (nSPS) is 33.6. The van der Waals surface area contributed by atoms with E-state index >= 15 is 0 Å². The van der Waals surface area contributed by atoms with Crippen molar-refractivity contribution >= 4 is 17.5 Å². The lowest BCUT2D eigenvalue weighted by molar-refractivity contribution is -0.138. The quantitative estimate of drug-likeness (QED) is 0.639. The third kappa shape index (κ3) is 2.88. The second-order valence-corrected chi connectivity index (χ2v) is 7.81. The molecule has 3 aliphatic rings. The summed E-state index contributed by atoms with van der Waals surface area (Å²) in [6.07, 6.45) is 9.11. The average molecular weight is 338 g/mol. The molecule has 1 aromatic rings. The molecule has 2 fully saturated rings. The van der Waals surface area contributed by atoms with Crippen LogP contribution in [0.15, 0.2) is 36.4 Å². The molecule has 4 nitrogen and oxygen atoms in total. The van der Waals surface area contributed by atoms with Gasteiger partial charge in [-0.2, -0.15) is 0 Å². The number of carbonyl (C=O) groups is 2. The number of allylic oxidation sites excluding steroid dienone is 2. The summed E-state index contributed by atoms with van der Waals surface area (Å²) in [6.45, 7) is 3.03. The van der Waals surface area contributed by atoms with E-state index < -0.39 is 5.41 Å². The molecule has 0 radical (unpaired) electrons. The largest absolute Gasteiger partial charge is 0.385 e.